The van der Waals surface area contributed by atoms with Crippen LogP contribution >= 0.6 is 0 Å². The second-order valence-corrected chi connectivity index (χ2v) is 29.3. The molecule has 0 fully saturated rings. The molecule has 0 radical (unpaired) electrons. The van der Waals surface area contributed by atoms with E-state index in [-0.39, 0.29) is 0 Å². The quantitative estimate of drug-likeness (QED) is 0.123. The first-order valence-corrected chi connectivity index (χ1v) is 35.6. The Hall–Kier alpha value is -3.98. The highest BCUT2D eigenvalue weighted by Crippen LogP contribution is 2.46. The van der Waals surface area contributed by atoms with Gasteiger partial charge >= 0.3 is 0 Å². The number of rotatable bonds is 12. The maximum atomic E-state index is 3.17. The van der Waals surface area contributed by atoms with Crippen molar-refractivity contribution in [2.24, 2.45) is 0 Å². The minimum absolute atomic E-state index is 1.15. The fraction of sp³-hybridized carbons (Fsp3) is 0.625. The van der Waals surface area contributed by atoms with Crippen LogP contribution in [0.25, 0.3) is 0 Å². The standard InChI is InChI=1S/C80H104N2/c1-51-55-25-5-13-33-63(55)75(64-34-14-6-26-56(51)64)45-81(46-76-65-35-15-7-27-57(65)52(2)58-28-8-16-36-66(58)76)49-79-71-41-21-23-43-73(71)80(74-44-24-22-42-72(74)79)50-82(47-77-67-37-17-9-29-59(67)53(3)60-30-10-18-38-68(60)77)48-78-69-39-19-11-31-61(69)54(4)62-32-12-20-40-70(62)78/h5-50H2,1-4H3. The molecule has 434 valence electrons. The molecule has 15 rings (SSSR count). The number of benzene rings is 5. The zero-order valence-electron chi connectivity index (χ0n) is 52.4. The van der Waals surface area contributed by atoms with Gasteiger partial charge in [0.05, 0.1) is 0 Å². The van der Waals surface area contributed by atoms with Crippen molar-refractivity contribution in [3.05, 3.63) is 167 Å². The van der Waals surface area contributed by atoms with Crippen LogP contribution in [0, 0.1) is 27.7 Å². The first kappa shape index (κ1) is 54.7. The topological polar surface area (TPSA) is 6.48 Å². The second-order valence-electron chi connectivity index (χ2n) is 29.3. The lowest BCUT2D eigenvalue weighted by molar-refractivity contribution is 0.237. The van der Waals surface area contributed by atoms with Gasteiger partial charge in [0.25, 0.3) is 0 Å². The Morgan fingerprint density at radius 3 is 0.378 bits per heavy atom. The summed E-state index contributed by atoms with van der Waals surface area (Å²) in [6.07, 6.45) is 53.6. The van der Waals surface area contributed by atoms with E-state index in [1.165, 1.54) is 257 Å². The summed E-state index contributed by atoms with van der Waals surface area (Å²) in [5.74, 6) is 0. The van der Waals surface area contributed by atoms with Crippen LogP contribution in [0.5, 0.6) is 0 Å². The molecule has 0 bridgehead atoms. The average Bonchev–Trinajstić information content (AvgIpc) is 3.55. The van der Waals surface area contributed by atoms with Gasteiger partial charge in [0.1, 0.15) is 0 Å². The summed E-state index contributed by atoms with van der Waals surface area (Å²) >= 11 is 0. The molecule has 0 spiro atoms. The monoisotopic (exact) mass is 1090 g/mol. The highest BCUT2D eigenvalue weighted by molar-refractivity contribution is 5.59. The Kier molecular flexibility index (Phi) is 15.6. The Morgan fingerprint density at radius 1 is 0.159 bits per heavy atom. The normalized spacial score (nSPS) is 20.0. The Bertz CT molecular complexity index is 2750. The molecule has 0 unspecified atom stereocenters. The van der Waals surface area contributed by atoms with Crippen molar-refractivity contribution in [2.75, 3.05) is 0 Å². The molecule has 82 heavy (non-hydrogen) atoms. The Labute approximate surface area is 497 Å². The summed E-state index contributed by atoms with van der Waals surface area (Å²) in [5, 5.41) is 0. The third-order valence-electron chi connectivity index (χ3n) is 25.0. The van der Waals surface area contributed by atoms with Crippen molar-refractivity contribution >= 4 is 0 Å². The van der Waals surface area contributed by atoms with Crippen LogP contribution in [-0.4, -0.2) is 9.80 Å². The van der Waals surface area contributed by atoms with Crippen LogP contribution in [0.15, 0.2) is 0 Å². The molecule has 2 nitrogen and oxygen atoms in total. The van der Waals surface area contributed by atoms with Gasteiger partial charge in [0.15, 0.2) is 0 Å². The average molecular weight is 1090 g/mol. The predicted octanol–water partition coefficient (Wildman–Crippen LogP) is 18.1. The van der Waals surface area contributed by atoms with Crippen molar-refractivity contribution in [1.82, 2.24) is 9.80 Å². The molecule has 0 atom stereocenters. The molecule has 0 N–H and O–H groups in total. The van der Waals surface area contributed by atoms with Gasteiger partial charge < -0.3 is 0 Å². The summed E-state index contributed by atoms with van der Waals surface area (Å²) in [5.41, 5.74) is 54.0. The number of nitrogens with zero attached hydrogens (tertiary/aromatic N) is 2. The van der Waals surface area contributed by atoms with Gasteiger partial charge in [0, 0.05) is 39.3 Å². The lowest BCUT2D eigenvalue weighted by Gasteiger charge is -2.38. The molecular weight excluding hydrogens is 989 g/mol. The van der Waals surface area contributed by atoms with Gasteiger partial charge in [0.2, 0.25) is 0 Å². The molecule has 10 aliphatic rings. The van der Waals surface area contributed by atoms with Crippen LogP contribution in [0.2, 0.25) is 0 Å². The van der Waals surface area contributed by atoms with E-state index >= 15 is 0 Å². The van der Waals surface area contributed by atoms with Gasteiger partial charge in [-0.2, -0.15) is 0 Å². The number of hydrogen-bond donors (Lipinski definition) is 0. The Morgan fingerprint density at radius 2 is 0.256 bits per heavy atom. The van der Waals surface area contributed by atoms with Crippen LogP contribution < -0.4 is 0 Å². The minimum atomic E-state index is 1.15. The van der Waals surface area contributed by atoms with Crippen LogP contribution in [0.4, 0.5) is 0 Å². The second kappa shape index (κ2) is 23.4. The van der Waals surface area contributed by atoms with Gasteiger partial charge in [-0.3, -0.25) is 9.80 Å². The van der Waals surface area contributed by atoms with E-state index in [4.69, 9.17) is 0 Å². The van der Waals surface area contributed by atoms with Crippen LogP contribution in [0.3, 0.4) is 0 Å². The molecule has 10 aliphatic carbocycles. The van der Waals surface area contributed by atoms with Gasteiger partial charge in [-0.25, -0.2) is 0 Å². The van der Waals surface area contributed by atoms with E-state index in [0.717, 1.165) is 39.3 Å². The molecule has 0 heterocycles. The minimum Gasteiger partial charge on any atom is -0.291 e. The smallest absolute Gasteiger partial charge is 0.0246 e. The van der Waals surface area contributed by atoms with E-state index in [1.54, 1.807) is 66.8 Å². The molecular formula is C80H104N2. The first-order valence-electron chi connectivity index (χ1n) is 35.6. The van der Waals surface area contributed by atoms with Crippen molar-refractivity contribution in [3.8, 4) is 0 Å². The fourth-order valence-corrected chi connectivity index (χ4v) is 21.0. The molecule has 5 aromatic rings. The summed E-state index contributed by atoms with van der Waals surface area (Å²) in [7, 11) is 0. The third kappa shape index (κ3) is 9.70. The van der Waals surface area contributed by atoms with Crippen LogP contribution in [0.1, 0.15) is 295 Å². The maximum Gasteiger partial charge on any atom is 0.0246 e. The Balaban J connectivity index is 0.889. The third-order valence-corrected chi connectivity index (χ3v) is 25.0. The zero-order chi connectivity index (χ0) is 55.0. The number of hydrogen-bond acceptors (Lipinski definition) is 2. The SMILES string of the molecule is Cc1c2c(c(CN(Cc3c4c(c(C)c5c3CCCC5)CCCC4)Cc3c4c(c(CN(Cc5c6c(c(C)c7c5CCCC7)CCCC6)Cc5c6c(c(C)c7c5CCCC7)CCCC6)c5c3CCCC5)CCCC4)c3c1CCCC3)CCCC2. The van der Waals surface area contributed by atoms with E-state index in [1.807, 2.05) is 100 Å². The molecule has 0 aromatic heterocycles. The van der Waals surface area contributed by atoms with Crippen molar-refractivity contribution in [3.63, 3.8) is 0 Å². The van der Waals surface area contributed by atoms with Crippen molar-refractivity contribution in [2.45, 2.75) is 324 Å². The van der Waals surface area contributed by atoms with E-state index < -0.39 is 0 Å². The summed E-state index contributed by atoms with van der Waals surface area (Å²) < 4.78 is 0. The summed E-state index contributed by atoms with van der Waals surface area (Å²) in [6, 6.07) is 0. The summed E-state index contributed by atoms with van der Waals surface area (Å²) in [4.78, 5) is 6.34. The van der Waals surface area contributed by atoms with Gasteiger partial charge in [-0.15, -0.1) is 0 Å². The highest BCUT2D eigenvalue weighted by Gasteiger charge is 2.35. The molecule has 2 heteroatoms. The van der Waals surface area contributed by atoms with Crippen LogP contribution in [-0.2, 0) is 168 Å². The summed E-state index contributed by atoms with van der Waals surface area (Å²) in [6.45, 7) is 17.1. The first-order chi connectivity index (χ1) is 40.4. The molecule has 0 aliphatic heterocycles. The number of fused-ring (bicyclic) bond motifs is 10. The zero-order valence-corrected chi connectivity index (χ0v) is 52.4. The van der Waals surface area contributed by atoms with Crippen molar-refractivity contribution in [1.29, 1.82) is 0 Å². The van der Waals surface area contributed by atoms with Gasteiger partial charge in [-0.05, 0) is 451 Å². The molecule has 0 saturated heterocycles. The van der Waals surface area contributed by atoms with Crippen molar-refractivity contribution < 1.29 is 0 Å². The predicted molar refractivity (Wildman–Crippen MR) is 343 cm³/mol. The van der Waals surface area contributed by atoms with E-state index in [2.05, 4.69) is 37.5 Å². The van der Waals surface area contributed by atoms with Gasteiger partial charge in [-0.1, -0.05) is 0 Å². The fourth-order valence-electron chi connectivity index (χ4n) is 21.0. The largest absolute Gasteiger partial charge is 0.291 e. The molecule has 5 aromatic carbocycles. The lowest BCUT2D eigenvalue weighted by Crippen LogP contribution is -2.32. The molecule has 0 saturated carbocycles. The molecule has 0 amide bonds. The highest BCUT2D eigenvalue weighted by atomic mass is 15.1. The maximum absolute atomic E-state index is 3.17. The lowest BCUT2D eigenvalue weighted by atomic mass is 9.74. The van der Waals surface area contributed by atoms with E-state index in [0.29, 0.717) is 0 Å². The van der Waals surface area contributed by atoms with E-state index in [9.17, 15) is 0 Å².